The molecule has 0 aliphatic rings. The Labute approximate surface area is 143 Å². The van der Waals surface area contributed by atoms with E-state index in [1.54, 1.807) is 0 Å². The summed E-state index contributed by atoms with van der Waals surface area (Å²) < 4.78 is 1.06. The quantitative estimate of drug-likeness (QED) is 0.635. The van der Waals surface area contributed by atoms with Gasteiger partial charge in [-0.05, 0) is 70.9 Å². The van der Waals surface area contributed by atoms with E-state index >= 15 is 0 Å². The Balaban J connectivity index is 2.44. The lowest BCUT2D eigenvalue weighted by Crippen LogP contribution is -2.22. The molecule has 1 N–H and O–H groups in total. The van der Waals surface area contributed by atoms with Crippen molar-refractivity contribution in [2.75, 3.05) is 6.54 Å². The van der Waals surface area contributed by atoms with Crippen LogP contribution in [0.25, 0.3) is 0 Å². The Morgan fingerprint density at radius 2 is 1.65 bits per heavy atom. The molecule has 0 saturated carbocycles. The fraction of sp³-hybridized carbons (Fsp3) is 0.250. The predicted molar refractivity (Wildman–Crippen MR) is 95.9 cm³/mol. The third kappa shape index (κ3) is 3.67. The summed E-state index contributed by atoms with van der Waals surface area (Å²) in [5.74, 6) is 0. The molecule has 0 amide bonds. The van der Waals surface area contributed by atoms with Crippen LogP contribution in [0.4, 0.5) is 0 Å². The van der Waals surface area contributed by atoms with Gasteiger partial charge in [0.15, 0.2) is 0 Å². The molecule has 0 aliphatic carbocycles. The van der Waals surface area contributed by atoms with E-state index in [1.807, 2.05) is 25.1 Å². The lowest BCUT2D eigenvalue weighted by atomic mass is 9.98. The van der Waals surface area contributed by atoms with Gasteiger partial charge >= 0.3 is 0 Å². The van der Waals surface area contributed by atoms with Crippen molar-refractivity contribution in [2.24, 2.45) is 0 Å². The second kappa shape index (κ2) is 7.12. The van der Waals surface area contributed by atoms with Crippen molar-refractivity contribution < 1.29 is 0 Å². The van der Waals surface area contributed by atoms with Crippen LogP contribution in [0.5, 0.6) is 0 Å². The maximum atomic E-state index is 6.25. The first-order valence-corrected chi connectivity index (χ1v) is 8.30. The van der Waals surface area contributed by atoms with E-state index < -0.39 is 0 Å². The average Bonchev–Trinajstić information content (AvgIpc) is 2.43. The lowest BCUT2D eigenvalue weighted by Gasteiger charge is -2.20. The van der Waals surface area contributed by atoms with Crippen LogP contribution in [-0.2, 0) is 0 Å². The molecule has 0 radical (unpaired) electrons. The van der Waals surface area contributed by atoms with E-state index in [2.05, 4.69) is 53.0 Å². The molecule has 2 aromatic rings. The zero-order valence-corrected chi connectivity index (χ0v) is 15.1. The number of hydrogen-bond acceptors (Lipinski definition) is 1. The van der Waals surface area contributed by atoms with Crippen LogP contribution in [0.1, 0.15) is 29.7 Å². The molecule has 1 nitrogen and oxygen atoms in total. The minimum atomic E-state index is 0.104. The average molecular weight is 420 g/mol. The number of aryl methyl sites for hydroxylation is 1. The molecule has 0 bridgehead atoms. The maximum Gasteiger partial charge on any atom is 0.0577 e. The van der Waals surface area contributed by atoms with Crippen LogP contribution in [0, 0.1) is 10.5 Å². The standard InChI is InChI=1S/C16H16Cl2IN/c1-3-20-16(11-5-4-10(2)13(17)8-11)12-6-7-15(19)14(18)9-12/h4-9,16,20H,3H2,1-2H3. The topological polar surface area (TPSA) is 12.0 Å². The van der Waals surface area contributed by atoms with E-state index in [1.165, 1.54) is 0 Å². The fourth-order valence-electron chi connectivity index (χ4n) is 2.11. The highest BCUT2D eigenvalue weighted by Gasteiger charge is 2.15. The van der Waals surface area contributed by atoms with Gasteiger partial charge in [-0.25, -0.2) is 0 Å². The second-order valence-corrected chi connectivity index (χ2v) is 6.65. The van der Waals surface area contributed by atoms with Gasteiger partial charge in [0.1, 0.15) is 0 Å². The Hall–Kier alpha value is -0.290. The summed E-state index contributed by atoms with van der Waals surface area (Å²) >= 11 is 14.7. The van der Waals surface area contributed by atoms with Gasteiger partial charge < -0.3 is 5.32 Å². The van der Waals surface area contributed by atoms with Gasteiger partial charge in [0.25, 0.3) is 0 Å². The van der Waals surface area contributed by atoms with Crippen LogP contribution >= 0.6 is 45.8 Å². The number of hydrogen-bond donors (Lipinski definition) is 1. The minimum Gasteiger partial charge on any atom is -0.307 e. The highest BCUT2D eigenvalue weighted by atomic mass is 127. The molecule has 1 unspecified atom stereocenters. The summed E-state index contributed by atoms with van der Waals surface area (Å²) in [7, 11) is 0. The van der Waals surface area contributed by atoms with Gasteiger partial charge in [0.2, 0.25) is 0 Å². The van der Waals surface area contributed by atoms with Crippen LogP contribution in [0.15, 0.2) is 36.4 Å². The fourth-order valence-corrected chi connectivity index (χ4v) is 2.83. The summed E-state index contributed by atoms with van der Waals surface area (Å²) in [6.45, 7) is 4.98. The minimum absolute atomic E-state index is 0.104. The highest BCUT2D eigenvalue weighted by Crippen LogP contribution is 2.29. The molecule has 0 fully saturated rings. The van der Waals surface area contributed by atoms with Crippen LogP contribution in [0.3, 0.4) is 0 Å². The van der Waals surface area contributed by atoms with Crippen molar-refractivity contribution in [1.29, 1.82) is 0 Å². The van der Waals surface area contributed by atoms with Crippen LogP contribution < -0.4 is 5.32 Å². The first-order valence-electron chi connectivity index (χ1n) is 6.47. The molecule has 0 heterocycles. The lowest BCUT2D eigenvalue weighted by molar-refractivity contribution is 0.630. The largest absolute Gasteiger partial charge is 0.307 e. The number of nitrogens with one attached hydrogen (secondary N) is 1. The molecule has 0 saturated heterocycles. The summed E-state index contributed by atoms with van der Waals surface area (Å²) in [6, 6.07) is 12.5. The smallest absolute Gasteiger partial charge is 0.0577 e. The molecule has 1 atom stereocenters. The van der Waals surface area contributed by atoms with Crippen LogP contribution in [0.2, 0.25) is 10.0 Å². The van der Waals surface area contributed by atoms with E-state index in [-0.39, 0.29) is 6.04 Å². The SMILES string of the molecule is CCNC(c1ccc(C)c(Cl)c1)c1ccc(I)c(Cl)c1. The van der Waals surface area contributed by atoms with Gasteiger partial charge in [-0.1, -0.05) is 48.3 Å². The van der Waals surface area contributed by atoms with Gasteiger partial charge in [0, 0.05) is 8.59 Å². The van der Waals surface area contributed by atoms with Crippen molar-refractivity contribution in [2.45, 2.75) is 19.9 Å². The third-order valence-corrected chi connectivity index (χ3v) is 5.19. The molecule has 0 aromatic heterocycles. The molecule has 20 heavy (non-hydrogen) atoms. The highest BCUT2D eigenvalue weighted by molar-refractivity contribution is 14.1. The second-order valence-electron chi connectivity index (χ2n) is 4.67. The van der Waals surface area contributed by atoms with Crippen molar-refractivity contribution in [3.63, 3.8) is 0 Å². The normalized spacial score (nSPS) is 12.4. The molecular weight excluding hydrogens is 404 g/mol. The third-order valence-electron chi connectivity index (χ3n) is 3.21. The number of benzene rings is 2. The molecular formula is C16H16Cl2IN. The van der Waals surface area contributed by atoms with Crippen molar-refractivity contribution in [3.8, 4) is 0 Å². The van der Waals surface area contributed by atoms with Gasteiger partial charge in [0.05, 0.1) is 11.1 Å². The van der Waals surface area contributed by atoms with Crippen molar-refractivity contribution >= 4 is 45.8 Å². The first-order chi connectivity index (χ1) is 9.52. The maximum absolute atomic E-state index is 6.25. The van der Waals surface area contributed by atoms with Gasteiger partial charge in [-0.3, -0.25) is 0 Å². The van der Waals surface area contributed by atoms with E-state index in [0.29, 0.717) is 0 Å². The Morgan fingerprint density at radius 1 is 1.05 bits per heavy atom. The Bertz CT molecular complexity index is 562. The Morgan fingerprint density at radius 3 is 2.20 bits per heavy atom. The predicted octanol–water partition coefficient (Wildman–Crippen LogP) is 5.61. The van der Waals surface area contributed by atoms with Gasteiger partial charge in [-0.15, -0.1) is 0 Å². The monoisotopic (exact) mass is 419 g/mol. The van der Waals surface area contributed by atoms with E-state index in [4.69, 9.17) is 23.2 Å². The molecule has 2 aromatic carbocycles. The summed E-state index contributed by atoms with van der Waals surface area (Å²) in [5, 5.41) is 5.06. The Kier molecular flexibility index (Phi) is 5.73. The number of halogens is 3. The summed E-state index contributed by atoms with van der Waals surface area (Å²) in [4.78, 5) is 0. The molecule has 0 aliphatic heterocycles. The molecule has 106 valence electrons. The molecule has 2 rings (SSSR count). The first kappa shape index (κ1) is 16.1. The van der Waals surface area contributed by atoms with Gasteiger partial charge in [-0.2, -0.15) is 0 Å². The molecule has 4 heteroatoms. The summed E-state index contributed by atoms with van der Waals surface area (Å²) in [5.41, 5.74) is 3.39. The number of rotatable bonds is 4. The van der Waals surface area contributed by atoms with Crippen molar-refractivity contribution in [1.82, 2.24) is 5.32 Å². The van der Waals surface area contributed by atoms with Crippen LogP contribution in [-0.4, -0.2) is 6.54 Å². The van der Waals surface area contributed by atoms with E-state index in [0.717, 1.165) is 36.9 Å². The molecule has 0 spiro atoms. The zero-order valence-electron chi connectivity index (χ0n) is 11.4. The van der Waals surface area contributed by atoms with Crippen molar-refractivity contribution in [3.05, 3.63) is 66.7 Å². The summed E-state index contributed by atoms with van der Waals surface area (Å²) in [6.07, 6.45) is 0. The van der Waals surface area contributed by atoms with E-state index in [9.17, 15) is 0 Å². The zero-order chi connectivity index (χ0) is 14.7.